The van der Waals surface area contributed by atoms with Crippen LogP contribution >= 0.6 is 0 Å². The van der Waals surface area contributed by atoms with E-state index in [4.69, 9.17) is 4.74 Å². The fourth-order valence-electron chi connectivity index (χ4n) is 1.97. The fraction of sp³-hybridized carbons (Fsp3) is 0.176. The molecule has 2 aromatic rings. The number of amides is 1. The van der Waals surface area contributed by atoms with Gasteiger partial charge in [-0.15, -0.1) is 0 Å². The second-order valence-electron chi connectivity index (χ2n) is 4.59. The number of para-hydroxylation sites is 1. The zero-order chi connectivity index (χ0) is 15.1. The Morgan fingerprint density at radius 1 is 1.10 bits per heavy atom. The summed E-state index contributed by atoms with van der Waals surface area (Å²) in [4.78, 5) is 11.9. The molecule has 0 spiro atoms. The van der Waals surface area contributed by atoms with E-state index in [0.717, 1.165) is 16.9 Å². The van der Waals surface area contributed by atoms with Gasteiger partial charge in [0.05, 0.1) is 19.2 Å². The number of nitrogens with one attached hydrogen (secondary N) is 1. The molecule has 2 rings (SSSR count). The molecule has 0 atom stereocenters. The van der Waals surface area contributed by atoms with E-state index in [0.29, 0.717) is 12.1 Å². The zero-order valence-electron chi connectivity index (χ0n) is 12.2. The highest BCUT2D eigenvalue weighted by molar-refractivity contribution is 6.01. The number of benzene rings is 2. The minimum atomic E-state index is -0.143. The van der Waals surface area contributed by atoms with Crippen LogP contribution in [-0.2, 0) is 11.2 Å². The van der Waals surface area contributed by atoms with Crippen molar-refractivity contribution in [3.05, 3.63) is 65.7 Å². The van der Waals surface area contributed by atoms with Crippen molar-refractivity contribution in [3.63, 3.8) is 0 Å². The predicted octanol–water partition coefficient (Wildman–Crippen LogP) is 2.78. The van der Waals surface area contributed by atoms with Crippen molar-refractivity contribution in [2.75, 3.05) is 7.11 Å². The molecule has 0 fully saturated rings. The van der Waals surface area contributed by atoms with Crippen molar-refractivity contribution in [1.82, 2.24) is 5.43 Å². The normalized spacial score (nSPS) is 11.0. The summed E-state index contributed by atoms with van der Waals surface area (Å²) < 4.78 is 5.28. The van der Waals surface area contributed by atoms with Crippen LogP contribution in [0.4, 0.5) is 0 Å². The summed E-state index contributed by atoms with van der Waals surface area (Å²) >= 11 is 0. The molecule has 0 saturated heterocycles. The van der Waals surface area contributed by atoms with Gasteiger partial charge in [0.15, 0.2) is 0 Å². The number of ether oxygens (including phenoxy) is 1. The van der Waals surface area contributed by atoms with E-state index in [2.05, 4.69) is 10.5 Å². The smallest absolute Gasteiger partial charge is 0.244 e. The third-order valence-electron chi connectivity index (χ3n) is 3.05. The van der Waals surface area contributed by atoms with Crippen LogP contribution < -0.4 is 10.2 Å². The van der Waals surface area contributed by atoms with Gasteiger partial charge in [-0.05, 0) is 24.6 Å². The molecule has 4 nitrogen and oxygen atoms in total. The van der Waals surface area contributed by atoms with Crippen molar-refractivity contribution in [1.29, 1.82) is 0 Å². The van der Waals surface area contributed by atoms with Gasteiger partial charge in [0.1, 0.15) is 5.75 Å². The maximum absolute atomic E-state index is 11.9. The van der Waals surface area contributed by atoms with Crippen LogP contribution in [0.2, 0.25) is 0 Å². The molecule has 0 aliphatic heterocycles. The predicted molar refractivity (Wildman–Crippen MR) is 83.5 cm³/mol. The summed E-state index contributed by atoms with van der Waals surface area (Å²) in [5.41, 5.74) is 5.10. The molecule has 4 heteroatoms. The van der Waals surface area contributed by atoms with Crippen LogP contribution in [0, 0.1) is 0 Å². The number of carbonyl (C=O) groups is 1. The van der Waals surface area contributed by atoms with Gasteiger partial charge in [0.2, 0.25) is 5.91 Å². The number of hydrogen-bond donors (Lipinski definition) is 1. The van der Waals surface area contributed by atoms with Crippen molar-refractivity contribution < 1.29 is 9.53 Å². The van der Waals surface area contributed by atoms with E-state index in [1.807, 2.05) is 61.5 Å². The number of methoxy groups -OCH3 is 1. The SMILES string of the molecule is COc1ccccc1/C(C)=N/NC(=O)Cc1ccccc1. The van der Waals surface area contributed by atoms with E-state index < -0.39 is 0 Å². The highest BCUT2D eigenvalue weighted by Gasteiger charge is 2.06. The Kier molecular flexibility index (Phi) is 5.10. The van der Waals surface area contributed by atoms with Gasteiger partial charge in [-0.3, -0.25) is 4.79 Å². The molecular weight excluding hydrogens is 264 g/mol. The maximum atomic E-state index is 11.9. The van der Waals surface area contributed by atoms with Gasteiger partial charge >= 0.3 is 0 Å². The zero-order valence-corrected chi connectivity index (χ0v) is 12.2. The average molecular weight is 282 g/mol. The number of rotatable bonds is 5. The van der Waals surface area contributed by atoms with Gasteiger partial charge in [-0.1, -0.05) is 42.5 Å². The minimum Gasteiger partial charge on any atom is -0.496 e. The lowest BCUT2D eigenvalue weighted by Gasteiger charge is -2.08. The van der Waals surface area contributed by atoms with Crippen LogP contribution in [0.25, 0.3) is 0 Å². The second-order valence-corrected chi connectivity index (χ2v) is 4.59. The van der Waals surface area contributed by atoms with Gasteiger partial charge in [-0.2, -0.15) is 5.10 Å². The lowest BCUT2D eigenvalue weighted by atomic mass is 10.1. The quantitative estimate of drug-likeness (QED) is 0.677. The number of nitrogens with zero attached hydrogens (tertiary/aromatic N) is 1. The van der Waals surface area contributed by atoms with Crippen LogP contribution in [-0.4, -0.2) is 18.7 Å². The molecule has 1 amide bonds. The fourth-order valence-corrected chi connectivity index (χ4v) is 1.97. The first-order valence-electron chi connectivity index (χ1n) is 6.71. The topological polar surface area (TPSA) is 50.7 Å². The monoisotopic (exact) mass is 282 g/mol. The van der Waals surface area contributed by atoms with E-state index in [-0.39, 0.29) is 5.91 Å². The summed E-state index contributed by atoms with van der Waals surface area (Å²) in [6.45, 7) is 1.83. The second kappa shape index (κ2) is 7.24. The molecule has 108 valence electrons. The Bertz CT molecular complexity index is 636. The van der Waals surface area contributed by atoms with Gasteiger partial charge in [0.25, 0.3) is 0 Å². The van der Waals surface area contributed by atoms with E-state index in [1.165, 1.54) is 0 Å². The number of hydrogen-bond acceptors (Lipinski definition) is 3. The van der Waals surface area contributed by atoms with E-state index >= 15 is 0 Å². The average Bonchev–Trinajstić information content (AvgIpc) is 2.53. The molecule has 0 aliphatic rings. The van der Waals surface area contributed by atoms with Crippen LogP contribution in [0.15, 0.2) is 59.7 Å². The highest BCUT2D eigenvalue weighted by Crippen LogP contribution is 2.17. The summed E-state index contributed by atoms with van der Waals surface area (Å²) in [5, 5.41) is 4.14. The van der Waals surface area contributed by atoms with Crippen molar-refractivity contribution >= 4 is 11.6 Å². The minimum absolute atomic E-state index is 0.143. The summed E-state index contributed by atoms with van der Waals surface area (Å²) in [7, 11) is 1.61. The van der Waals surface area contributed by atoms with Gasteiger partial charge in [0, 0.05) is 5.56 Å². The standard InChI is InChI=1S/C17H18N2O2/c1-13(15-10-6-7-11-16(15)21-2)18-19-17(20)12-14-8-4-3-5-9-14/h3-11H,12H2,1-2H3,(H,19,20)/b18-13+. The van der Waals surface area contributed by atoms with Gasteiger partial charge in [-0.25, -0.2) is 5.43 Å². The van der Waals surface area contributed by atoms with Crippen molar-refractivity contribution in [3.8, 4) is 5.75 Å². The molecular formula is C17H18N2O2. The number of hydrazone groups is 1. The van der Waals surface area contributed by atoms with Crippen LogP contribution in [0.5, 0.6) is 5.75 Å². The first kappa shape index (κ1) is 14.8. The molecule has 0 bridgehead atoms. The molecule has 0 heterocycles. The molecule has 0 aromatic heterocycles. The first-order chi connectivity index (χ1) is 10.2. The Hall–Kier alpha value is -2.62. The lowest BCUT2D eigenvalue weighted by Crippen LogP contribution is -2.21. The Morgan fingerprint density at radius 3 is 2.48 bits per heavy atom. The van der Waals surface area contributed by atoms with Crippen molar-refractivity contribution in [2.45, 2.75) is 13.3 Å². The summed E-state index contributed by atoms with van der Waals surface area (Å²) in [5.74, 6) is 0.589. The molecule has 0 radical (unpaired) electrons. The van der Waals surface area contributed by atoms with Crippen LogP contribution in [0.1, 0.15) is 18.1 Å². The highest BCUT2D eigenvalue weighted by atomic mass is 16.5. The first-order valence-corrected chi connectivity index (χ1v) is 6.71. The Morgan fingerprint density at radius 2 is 1.76 bits per heavy atom. The molecule has 2 aromatic carbocycles. The largest absolute Gasteiger partial charge is 0.496 e. The Balaban J connectivity index is 2.01. The molecule has 21 heavy (non-hydrogen) atoms. The maximum Gasteiger partial charge on any atom is 0.244 e. The van der Waals surface area contributed by atoms with E-state index in [1.54, 1.807) is 7.11 Å². The molecule has 0 aliphatic carbocycles. The van der Waals surface area contributed by atoms with Crippen LogP contribution in [0.3, 0.4) is 0 Å². The van der Waals surface area contributed by atoms with E-state index in [9.17, 15) is 4.79 Å². The summed E-state index contributed by atoms with van der Waals surface area (Å²) in [6.07, 6.45) is 0.309. The van der Waals surface area contributed by atoms with Crippen molar-refractivity contribution in [2.24, 2.45) is 5.10 Å². The number of carbonyl (C=O) groups excluding carboxylic acids is 1. The summed E-state index contributed by atoms with van der Waals surface area (Å²) in [6, 6.07) is 17.1. The lowest BCUT2D eigenvalue weighted by molar-refractivity contribution is -0.120. The van der Waals surface area contributed by atoms with Gasteiger partial charge < -0.3 is 4.74 Å². The third kappa shape index (κ3) is 4.18. The molecule has 0 unspecified atom stereocenters. The molecule has 0 saturated carbocycles. The molecule has 1 N–H and O–H groups in total. The Labute approximate surface area is 124 Å². The third-order valence-corrected chi connectivity index (χ3v) is 3.05.